The molecule has 25 heteroatoms. The Balaban J connectivity index is 0.000000132. The molecule has 10 N–H and O–H groups in total. The fraction of sp³-hybridized carbons (Fsp3) is 0.261. The third kappa shape index (κ3) is 20.2. The van der Waals surface area contributed by atoms with Crippen LogP contribution in [0.15, 0.2) is 231 Å². The first-order valence-electron chi connectivity index (χ1n) is 38.0. The van der Waals surface area contributed by atoms with Gasteiger partial charge in [0.15, 0.2) is 11.6 Å². The number of Topliss-reactive ketones (excluding diaryl/α,β-unsaturated/α-hetero) is 2. The van der Waals surface area contributed by atoms with E-state index in [1.165, 1.54) is 82.2 Å². The number of nitrogens with zero attached hydrogens (tertiary/aromatic N) is 11. The number of fused-ring (bicyclic) bond motifs is 6. The Bertz CT molecular complexity index is 5050. The van der Waals surface area contributed by atoms with Gasteiger partial charge in [-0.05, 0) is 127 Å². The van der Waals surface area contributed by atoms with E-state index in [9.17, 15) is 24.0 Å². The maximum absolute atomic E-state index is 12.8. The molecule has 17 rings (SSSR count). The zero-order valence-corrected chi connectivity index (χ0v) is 64.4. The Hall–Kier alpha value is -13.3. The number of carbonyl (C=O) groups excluding carboxylic acids is 4. The molecular weight excluding hydrogens is 1420 g/mol. The van der Waals surface area contributed by atoms with E-state index >= 15 is 0 Å². The number of carboxylic acid groups (broad SMARTS) is 1. The number of benzene rings is 8. The maximum Gasteiger partial charge on any atom is 0.341 e. The van der Waals surface area contributed by atoms with E-state index < -0.39 is 11.9 Å². The van der Waals surface area contributed by atoms with Crippen molar-refractivity contribution >= 4 is 92.8 Å². The topological polar surface area (TPSA) is 321 Å². The number of nitrogen functional groups attached to an aromatic ring is 1. The second-order valence-corrected chi connectivity index (χ2v) is 28.1. The molecular formula is C88H96N18O7. The second-order valence-electron chi connectivity index (χ2n) is 28.1. The molecule has 6 aliphatic rings. The molecule has 8 aromatic carbocycles. The van der Waals surface area contributed by atoms with E-state index in [0.717, 1.165) is 98.6 Å². The molecule has 0 radical (unpaired) electrons. The van der Waals surface area contributed by atoms with Gasteiger partial charge in [0.05, 0.1) is 52.8 Å². The molecule has 580 valence electrons. The number of ether oxygens (including phenoxy) is 1. The number of nitrogens with one attached hydrogen (secondary N) is 5. The van der Waals surface area contributed by atoms with Crippen molar-refractivity contribution in [2.75, 3.05) is 138 Å². The Labute approximate surface area is 658 Å². The van der Waals surface area contributed by atoms with Gasteiger partial charge in [-0.1, -0.05) is 133 Å². The smallest absolute Gasteiger partial charge is 0.341 e. The van der Waals surface area contributed by atoms with Gasteiger partial charge in [-0.25, -0.2) is 39.5 Å². The number of anilines is 11. The maximum atomic E-state index is 12.8. The quantitative estimate of drug-likeness (QED) is 0.0416. The number of carboxylic acids is 1. The molecule has 3 aromatic heterocycles. The van der Waals surface area contributed by atoms with Crippen LogP contribution in [0, 0.1) is 0 Å². The predicted octanol–water partition coefficient (Wildman–Crippen LogP) is 14.7. The molecule has 1 amide bonds. The van der Waals surface area contributed by atoms with Crippen LogP contribution in [0.4, 0.5) is 63.3 Å². The highest BCUT2D eigenvalue weighted by molar-refractivity contribution is 6.06. The molecule has 0 spiro atoms. The minimum atomic E-state index is -1.02. The summed E-state index contributed by atoms with van der Waals surface area (Å²) in [6, 6.07) is 64.8. The zero-order valence-electron chi connectivity index (χ0n) is 64.4. The van der Waals surface area contributed by atoms with Crippen LogP contribution < -0.4 is 62.6 Å². The molecule has 0 aliphatic carbocycles. The number of amides is 1. The zero-order chi connectivity index (χ0) is 79.3. The van der Waals surface area contributed by atoms with Gasteiger partial charge in [0, 0.05) is 176 Å². The first-order valence-corrected chi connectivity index (χ1v) is 38.0. The molecule has 0 fully saturated rings. The summed E-state index contributed by atoms with van der Waals surface area (Å²) in [5.41, 5.74) is 29.6. The molecule has 25 nitrogen and oxygen atoms in total. The van der Waals surface area contributed by atoms with Gasteiger partial charge in [0.1, 0.15) is 0 Å². The summed E-state index contributed by atoms with van der Waals surface area (Å²) in [6.45, 7) is 7.65. The lowest BCUT2D eigenvalue weighted by Gasteiger charge is -2.33. The average molecular weight is 1520 g/mol. The van der Waals surface area contributed by atoms with Gasteiger partial charge in [-0.3, -0.25) is 14.4 Å². The van der Waals surface area contributed by atoms with E-state index in [1.54, 1.807) is 13.0 Å². The van der Waals surface area contributed by atoms with E-state index in [4.69, 9.17) is 21.3 Å². The van der Waals surface area contributed by atoms with E-state index in [2.05, 4.69) is 170 Å². The van der Waals surface area contributed by atoms with Crippen molar-refractivity contribution in [2.45, 2.75) is 69.6 Å². The molecule has 0 saturated heterocycles. The Morgan fingerprint density at radius 2 is 0.867 bits per heavy atom. The van der Waals surface area contributed by atoms with Gasteiger partial charge >= 0.3 is 11.9 Å². The summed E-state index contributed by atoms with van der Waals surface area (Å²) in [5, 5.41) is 25.0. The first-order chi connectivity index (χ1) is 54.9. The van der Waals surface area contributed by atoms with Crippen LogP contribution in [-0.2, 0) is 4.74 Å². The highest BCUT2D eigenvalue weighted by Crippen LogP contribution is 2.38. The number of nitrogens with two attached hydrogens (primary N) is 2. The molecule has 113 heavy (non-hydrogen) atoms. The fourth-order valence-corrected chi connectivity index (χ4v) is 14.2. The lowest BCUT2D eigenvalue weighted by molar-refractivity contribution is 0.0524. The summed E-state index contributed by atoms with van der Waals surface area (Å²) < 4.78 is 4.93. The molecule has 4 unspecified atom stereocenters. The van der Waals surface area contributed by atoms with E-state index in [0.29, 0.717) is 59.8 Å². The summed E-state index contributed by atoms with van der Waals surface area (Å²) in [4.78, 5) is 94.4. The van der Waals surface area contributed by atoms with Gasteiger partial charge < -0.3 is 72.4 Å². The average Bonchev–Trinajstić information content (AvgIpc) is 0.853. The molecule has 9 heterocycles. The van der Waals surface area contributed by atoms with Crippen molar-refractivity contribution in [3.05, 3.63) is 281 Å². The largest absolute Gasteiger partial charge is 0.478 e. The van der Waals surface area contributed by atoms with Crippen LogP contribution in [0.3, 0.4) is 0 Å². The number of aromatic nitrogens is 6. The van der Waals surface area contributed by atoms with Crippen molar-refractivity contribution < 1.29 is 33.8 Å². The van der Waals surface area contributed by atoms with Gasteiger partial charge in [-0.2, -0.15) is 0 Å². The number of hydrogen-bond donors (Lipinski definition) is 8. The number of hydrogen-bond acceptors (Lipinski definition) is 23. The van der Waals surface area contributed by atoms with Crippen LogP contribution in [0.5, 0.6) is 0 Å². The first kappa shape index (κ1) is 79.3. The molecule has 11 aromatic rings. The van der Waals surface area contributed by atoms with Crippen molar-refractivity contribution in [3.63, 3.8) is 0 Å². The summed E-state index contributed by atoms with van der Waals surface area (Å²) in [6.07, 6.45) is 13.9. The lowest BCUT2D eigenvalue weighted by atomic mass is 9.97. The molecule has 0 bridgehead atoms. The molecule has 6 aliphatic heterocycles. The minimum Gasteiger partial charge on any atom is -0.478 e. The number of aromatic carboxylic acids is 1. The number of para-hydroxylation sites is 6. The van der Waals surface area contributed by atoms with Crippen molar-refractivity contribution in [2.24, 2.45) is 5.73 Å². The van der Waals surface area contributed by atoms with Crippen molar-refractivity contribution in [1.82, 2.24) is 29.9 Å². The number of rotatable bonds is 12. The van der Waals surface area contributed by atoms with Gasteiger partial charge in [0.2, 0.25) is 17.8 Å². The highest BCUT2D eigenvalue weighted by Gasteiger charge is 2.28. The highest BCUT2D eigenvalue weighted by atomic mass is 16.5. The van der Waals surface area contributed by atoms with Crippen LogP contribution >= 0.6 is 0 Å². The summed E-state index contributed by atoms with van der Waals surface area (Å²) >= 11 is 0. The van der Waals surface area contributed by atoms with Crippen LogP contribution in [-0.4, -0.2) is 146 Å². The van der Waals surface area contributed by atoms with Crippen LogP contribution in [0.1, 0.15) is 144 Å². The predicted molar refractivity (Wildman–Crippen MR) is 449 cm³/mol. The van der Waals surface area contributed by atoms with E-state index in [-0.39, 0.29) is 47.2 Å². The van der Waals surface area contributed by atoms with Gasteiger partial charge in [0.25, 0.3) is 5.91 Å². The molecule has 0 saturated carbocycles. The summed E-state index contributed by atoms with van der Waals surface area (Å²) in [5.74, 6) is 0.240. The number of carbonyl (C=O) groups is 5. The van der Waals surface area contributed by atoms with Crippen LogP contribution in [0.2, 0.25) is 0 Å². The van der Waals surface area contributed by atoms with Gasteiger partial charge in [-0.15, -0.1) is 0 Å². The number of ketones is 2. The third-order valence-electron chi connectivity index (χ3n) is 20.4. The SMILES string of the molecule is CCOC(=O)c1cnc(NC2CCN(C)c3ccccc32)nc1.CN1CCC(=O)c2ccccc21.CN1CCC(N)c2ccccc21.CN1CCC(Nc2ncc(C(=O)Nc3cc(-c4ccccc4)ccc3N)cn2)c2ccccc21.CN1CCC(Nc2ncc(C(=O)O)cn2)c2ccccc21.O=C1CCNc2ccccc21. The third-order valence-corrected chi connectivity index (χ3v) is 20.4. The normalized spacial score (nSPS) is 16.6. The lowest BCUT2D eigenvalue weighted by Crippen LogP contribution is -2.30. The second kappa shape index (κ2) is 37.9. The minimum absolute atomic E-state index is 0.0873. The monoisotopic (exact) mass is 1520 g/mol. The van der Waals surface area contributed by atoms with Crippen LogP contribution in [0.25, 0.3) is 11.1 Å². The Kier molecular flexibility index (Phi) is 26.6. The standard InChI is InChI=1S/C27H26N6O.C17H20N4O2.C15H16N4O2.C10H14N2.C10H11NO.C9H9NO/c1-33-14-13-23(21-9-5-6-10-25(21)33)32-27-29-16-20(17-30-27)26(34)31-24-15-19(11-12-22(24)28)18-7-3-2-4-8-18;1-3-23-16(22)12-10-18-17(19-11-12)20-14-8-9-21(2)15-7-5-4-6-13(14)15;1-19-7-6-12(11-4-2-3-5-13(11)19)18-15-16-8-10(9-17-15)14(20)21;1-12-7-6-9(11)8-4-2-3-5-10(8)12;1-11-7-6-10(12)8-4-2-3-5-9(8)11;11-9-5-6-10-8-4-2-1-3-7(8)9/h2-12,15-17,23H,13-14,28H2,1H3,(H,31,34)(H,29,30,32);4-7,10-11,14H,3,8-9H2,1-2H3,(H,18,19,20);2-5,8-9,12H,6-7H2,1H3,(H,20,21)(H,16,17,18);2-5,9H,6-7,11H2,1H3;2-5H,6-7H2,1H3;1-4,10H,5-6H2. The fourth-order valence-electron chi connectivity index (χ4n) is 14.2. The Morgan fingerprint density at radius 3 is 1.35 bits per heavy atom. The van der Waals surface area contributed by atoms with Crippen molar-refractivity contribution in [1.29, 1.82) is 0 Å². The molecule has 4 atom stereocenters. The van der Waals surface area contributed by atoms with Crippen molar-refractivity contribution in [3.8, 4) is 11.1 Å². The number of esters is 1. The summed E-state index contributed by atoms with van der Waals surface area (Å²) in [7, 11) is 10.4. The Morgan fingerprint density at radius 1 is 0.460 bits per heavy atom. The van der Waals surface area contributed by atoms with E-state index in [1.807, 2.05) is 134 Å².